The third kappa shape index (κ3) is 5.94. The van der Waals surface area contributed by atoms with Crippen LogP contribution in [0, 0.1) is 5.41 Å². The van der Waals surface area contributed by atoms with E-state index in [1.165, 1.54) is 7.11 Å². The topological polar surface area (TPSA) is 114 Å². The molecule has 2 aromatic carbocycles. The Morgan fingerprint density at radius 2 is 1.53 bits per heavy atom. The average Bonchev–Trinajstić information content (AvgIpc) is 3.10. The largest absolute Gasteiger partial charge is 0.481 e. The summed E-state index contributed by atoms with van der Waals surface area (Å²) in [6, 6.07) is 14.4. The van der Waals surface area contributed by atoms with E-state index in [9.17, 15) is 19.5 Å². The minimum atomic E-state index is -1.03. The second-order valence-corrected chi connectivity index (χ2v) is 9.50. The first kappa shape index (κ1) is 25.2. The molecule has 0 bridgehead atoms. The van der Waals surface area contributed by atoms with Crippen molar-refractivity contribution >= 4 is 18.0 Å². The first-order valence-electron chi connectivity index (χ1n) is 11.2. The monoisotopic (exact) mass is 468 g/mol. The molecule has 2 aromatic rings. The van der Waals surface area contributed by atoms with Crippen LogP contribution in [0.2, 0.25) is 0 Å². The fraction of sp³-hybridized carbons (Fsp3) is 0.423. The fourth-order valence-corrected chi connectivity index (χ4v) is 4.15. The molecule has 0 aromatic heterocycles. The summed E-state index contributed by atoms with van der Waals surface area (Å²) in [6.45, 7) is 5.55. The summed E-state index contributed by atoms with van der Waals surface area (Å²) in [5, 5.41) is 14.5. The number of fused-ring (bicyclic) bond motifs is 3. The summed E-state index contributed by atoms with van der Waals surface area (Å²) in [7, 11) is 1.41. The van der Waals surface area contributed by atoms with Gasteiger partial charge in [0.15, 0.2) is 0 Å². The Balaban J connectivity index is 1.65. The molecule has 0 saturated heterocycles. The van der Waals surface area contributed by atoms with Gasteiger partial charge in [-0.25, -0.2) is 4.79 Å². The number of hydrogen-bond donors (Lipinski definition) is 3. The lowest BCUT2D eigenvalue weighted by molar-refractivity contribution is -0.138. The van der Waals surface area contributed by atoms with E-state index < -0.39 is 35.5 Å². The second-order valence-electron chi connectivity index (χ2n) is 9.50. The maximum Gasteiger partial charge on any atom is 0.407 e. The van der Waals surface area contributed by atoms with E-state index in [1.807, 2.05) is 57.2 Å². The van der Waals surface area contributed by atoms with Crippen LogP contribution in [0.25, 0.3) is 11.1 Å². The third-order valence-corrected chi connectivity index (χ3v) is 6.03. The van der Waals surface area contributed by atoms with Gasteiger partial charge in [-0.2, -0.15) is 0 Å². The zero-order chi connectivity index (χ0) is 24.9. The van der Waals surface area contributed by atoms with Gasteiger partial charge in [0.1, 0.15) is 12.6 Å². The van der Waals surface area contributed by atoms with Crippen LogP contribution >= 0.6 is 0 Å². The standard InChI is InChI=1S/C26H32N2O6/c1-26(2,3)22(13-23(29)30)28-24(31)21(15-33-4)27-25(32)34-14-20-18-11-7-5-9-16(18)17-10-6-8-12-19(17)20/h5-12,20-22H,13-15H2,1-4H3,(H,27,32)(H,28,31)(H,29,30). The molecule has 0 saturated carbocycles. The molecule has 0 aliphatic heterocycles. The number of nitrogens with one attached hydrogen (secondary N) is 2. The fourth-order valence-electron chi connectivity index (χ4n) is 4.15. The molecule has 2 atom stereocenters. The van der Waals surface area contributed by atoms with Gasteiger partial charge in [0.05, 0.1) is 13.0 Å². The lowest BCUT2D eigenvalue weighted by Gasteiger charge is -2.31. The molecule has 1 aliphatic rings. The molecule has 2 unspecified atom stereocenters. The Kier molecular flexibility index (Phi) is 7.94. The Bertz CT molecular complexity index is 1000. The van der Waals surface area contributed by atoms with Crippen LogP contribution in [0.15, 0.2) is 48.5 Å². The van der Waals surface area contributed by atoms with Crippen LogP contribution in [0.4, 0.5) is 4.79 Å². The number of methoxy groups -OCH3 is 1. The summed E-state index contributed by atoms with van der Waals surface area (Å²) in [4.78, 5) is 36.7. The van der Waals surface area contributed by atoms with Gasteiger partial charge in [-0.3, -0.25) is 9.59 Å². The van der Waals surface area contributed by atoms with Gasteiger partial charge in [-0.05, 0) is 27.7 Å². The van der Waals surface area contributed by atoms with Crippen LogP contribution in [-0.2, 0) is 19.1 Å². The van der Waals surface area contributed by atoms with Gasteiger partial charge in [0, 0.05) is 19.1 Å². The van der Waals surface area contributed by atoms with Crippen molar-refractivity contribution < 1.29 is 29.0 Å². The van der Waals surface area contributed by atoms with Crippen LogP contribution in [0.1, 0.15) is 44.2 Å². The Morgan fingerprint density at radius 1 is 0.971 bits per heavy atom. The lowest BCUT2D eigenvalue weighted by atomic mass is 9.84. The highest BCUT2D eigenvalue weighted by atomic mass is 16.5. The number of carbonyl (C=O) groups excluding carboxylic acids is 2. The molecule has 182 valence electrons. The summed E-state index contributed by atoms with van der Waals surface area (Å²) >= 11 is 0. The highest BCUT2D eigenvalue weighted by Gasteiger charge is 2.33. The number of alkyl carbamates (subject to hydrolysis) is 1. The first-order valence-corrected chi connectivity index (χ1v) is 11.2. The number of benzene rings is 2. The van der Waals surface area contributed by atoms with Crippen molar-refractivity contribution in [2.75, 3.05) is 20.3 Å². The van der Waals surface area contributed by atoms with Crippen molar-refractivity contribution in [1.82, 2.24) is 10.6 Å². The molecular formula is C26H32N2O6. The third-order valence-electron chi connectivity index (χ3n) is 6.03. The summed E-state index contributed by atoms with van der Waals surface area (Å²) in [5.74, 6) is -1.65. The van der Waals surface area contributed by atoms with Crippen molar-refractivity contribution in [2.24, 2.45) is 5.41 Å². The lowest BCUT2D eigenvalue weighted by Crippen LogP contribution is -2.54. The van der Waals surface area contributed by atoms with E-state index in [0.717, 1.165) is 22.3 Å². The highest BCUT2D eigenvalue weighted by Crippen LogP contribution is 2.44. The molecule has 0 spiro atoms. The SMILES string of the molecule is COCC(NC(=O)OCC1c2ccccc2-c2ccccc21)C(=O)NC(CC(=O)O)C(C)(C)C. The molecule has 3 N–H and O–H groups in total. The Morgan fingerprint density at radius 3 is 2.03 bits per heavy atom. The van der Waals surface area contributed by atoms with Crippen LogP contribution in [0.3, 0.4) is 0 Å². The number of ether oxygens (including phenoxy) is 2. The summed E-state index contributed by atoms with van der Waals surface area (Å²) in [6.07, 6.45) is -0.982. The van der Waals surface area contributed by atoms with Gasteiger partial charge in [-0.15, -0.1) is 0 Å². The van der Waals surface area contributed by atoms with Gasteiger partial charge < -0.3 is 25.2 Å². The predicted octanol–water partition coefficient (Wildman–Crippen LogP) is 3.55. The van der Waals surface area contributed by atoms with Crippen LogP contribution in [-0.4, -0.2) is 55.5 Å². The highest BCUT2D eigenvalue weighted by molar-refractivity contribution is 5.86. The number of rotatable bonds is 9. The molecule has 8 nitrogen and oxygen atoms in total. The van der Waals surface area contributed by atoms with E-state index in [4.69, 9.17) is 9.47 Å². The van der Waals surface area contributed by atoms with Gasteiger partial charge >= 0.3 is 12.1 Å². The predicted molar refractivity (Wildman–Crippen MR) is 128 cm³/mol. The maximum atomic E-state index is 12.8. The smallest absolute Gasteiger partial charge is 0.407 e. The molecule has 0 heterocycles. The van der Waals surface area contributed by atoms with Crippen molar-refractivity contribution in [2.45, 2.75) is 45.2 Å². The van der Waals surface area contributed by atoms with E-state index in [0.29, 0.717) is 0 Å². The van der Waals surface area contributed by atoms with E-state index in [-0.39, 0.29) is 25.6 Å². The van der Waals surface area contributed by atoms with Crippen LogP contribution < -0.4 is 10.6 Å². The molecule has 0 radical (unpaired) electrons. The minimum Gasteiger partial charge on any atom is -0.481 e. The van der Waals surface area contributed by atoms with Crippen molar-refractivity contribution in [3.63, 3.8) is 0 Å². The quantitative estimate of drug-likeness (QED) is 0.519. The number of carboxylic acids is 1. The molecule has 34 heavy (non-hydrogen) atoms. The summed E-state index contributed by atoms with van der Waals surface area (Å²) in [5.41, 5.74) is 3.93. The molecule has 2 amide bonds. The molecule has 1 aliphatic carbocycles. The first-order chi connectivity index (χ1) is 16.1. The average molecular weight is 469 g/mol. The van der Waals surface area contributed by atoms with Gasteiger partial charge in [0.2, 0.25) is 5.91 Å². The molecule has 3 rings (SSSR count). The zero-order valence-corrected chi connectivity index (χ0v) is 20.0. The molecule has 0 fully saturated rings. The number of carboxylic acid groups (broad SMARTS) is 1. The van der Waals surface area contributed by atoms with Gasteiger partial charge in [-0.1, -0.05) is 69.3 Å². The van der Waals surface area contributed by atoms with Crippen molar-refractivity contribution in [1.29, 1.82) is 0 Å². The maximum absolute atomic E-state index is 12.8. The number of carbonyl (C=O) groups is 3. The summed E-state index contributed by atoms with van der Waals surface area (Å²) < 4.78 is 10.6. The molecule has 8 heteroatoms. The van der Waals surface area contributed by atoms with Crippen LogP contribution in [0.5, 0.6) is 0 Å². The van der Waals surface area contributed by atoms with Gasteiger partial charge in [0.25, 0.3) is 0 Å². The normalized spacial score (nSPS) is 14.5. The molecular weight excluding hydrogens is 436 g/mol. The van der Waals surface area contributed by atoms with Crippen molar-refractivity contribution in [3.05, 3.63) is 59.7 Å². The zero-order valence-electron chi connectivity index (χ0n) is 20.0. The Labute approximate surface area is 199 Å². The van der Waals surface area contributed by atoms with Crippen molar-refractivity contribution in [3.8, 4) is 11.1 Å². The second kappa shape index (κ2) is 10.7. The van der Waals surface area contributed by atoms with E-state index >= 15 is 0 Å². The Hall–Kier alpha value is -3.39. The number of aliphatic carboxylic acids is 1. The number of amides is 2. The minimum absolute atomic E-state index is 0.0834. The number of hydrogen-bond acceptors (Lipinski definition) is 5. The van der Waals surface area contributed by atoms with E-state index in [2.05, 4.69) is 22.8 Å². The van der Waals surface area contributed by atoms with E-state index in [1.54, 1.807) is 0 Å².